The van der Waals surface area contributed by atoms with Gasteiger partial charge in [0, 0.05) is 24.4 Å². The Labute approximate surface area is 434 Å². The highest BCUT2D eigenvalue weighted by atomic mass is 28.5. The van der Waals surface area contributed by atoms with Gasteiger partial charge in [-0.25, -0.2) is 0 Å². The van der Waals surface area contributed by atoms with Crippen LogP contribution in [0.1, 0.15) is 27.7 Å². The van der Waals surface area contributed by atoms with E-state index in [9.17, 15) is 0 Å². The molecule has 12 atom stereocenters. The van der Waals surface area contributed by atoms with Crippen molar-refractivity contribution in [3.63, 3.8) is 0 Å². The molecule has 4 fully saturated rings. The quantitative estimate of drug-likeness (QED) is 0.108. The molecule has 390 valence electrons. The van der Waals surface area contributed by atoms with Crippen molar-refractivity contribution in [3.8, 4) is 0 Å². The monoisotopic (exact) mass is 1230 g/mol. The first-order valence-corrected chi connectivity index (χ1v) is 61.3. The van der Waals surface area contributed by atoms with Crippen molar-refractivity contribution < 1.29 is 67.1 Å². The molecule has 4 saturated heterocycles. The van der Waals surface area contributed by atoms with Gasteiger partial charge in [-0.05, 0) is 192 Å². The number of hydrogen-bond donors (Lipinski definition) is 0. The molecule has 0 aromatic rings. The highest BCUT2D eigenvalue weighted by Crippen LogP contribution is 2.34. The molecular weight excluding hydrogens is 1140 g/mol. The molecular formula is C34H90O16Si17. The zero-order valence-corrected chi connectivity index (χ0v) is 62.7. The number of rotatable bonds is 20. The second-order valence-corrected chi connectivity index (χ2v) is 64.7. The second kappa shape index (κ2) is 29.5. The first-order valence-electron chi connectivity index (χ1n) is 25.0. The summed E-state index contributed by atoms with van der Waals surface area (Å²) < 4.78 is 108. The largest absolute Gasteiger partial charge is 0.636 e. The summed E-state index contributed by atoms with van der Waals surface area (Å²) in [5.41, 5.74) is 0. The summed E-state index contributed by atoms with van der Waals surface area (Å²) in [6.45, 7) is 39.9. The summed E-state index contributed by atoms with van der Waals surface area (Å²) in [5.74, 6) is 0. The van der Waals surface area contributed by atoms with E-state index < -0.39 is 144 Å². The van der Waals surface area contributed by atoms with Crippen molar-refractivity contribution >= 4 is 154 Å². The lowest BCUT2D eigenvalue weighted by atomic mass is 10.5. The molecule has 0 aromatic carbocycles. The van der Waals surface area contributed by atoms with Crippen LogP contribution in [-0.4, -0.2) is 179 Å². The first kappa shape index (κ1) is 62.6. The SMILES string of the molecule is CC1C[SiH](C)O[SiH](C)O[Si](CC[Si](C)(C)O[Si](O[Si]CC[Si]2O[SiH](C)CC(C)O[SiH](C)O2)(O[Si](C)(C)CC[Si]2CC(C)O[SiH](C)O[SiH](C)O2)O[Si](C)(C)CC[Si]2OC(C)C[SiH](C)O[SiH](C)O2)O1. The molecule has 12 unspecified atom stereocenters. The minimum Gasteiger partial charge on any atom is -0.441 e. The van der Waals surface area contributed by atoms with Gasteiger partial charge in [0.25, 0.3) is 27.9 Å². The zero-order valence-electron chi connectivity index (χ0n) is 44.4. The molecule has 4 rings (SSSR count). The van der Waals surface area contributed by atoms with Crippen LogP contribution < -0.4 is 0 Å². The Morgan fingerprint density at radius 2 is 0.925 bits per heavy atom. The average molecular weight is 1230 g/mol. The maximum absolute atomic E-state index is 7.66. The molecule has 4 heterocycles. The maximum atomic E-state index is 7.66. The molecule has 0 N–H and O–H groups in total. The summed E-state index contributed by atoms with van der Waals surface area (Å²) in [6.07, 6.45) is 0.588. The molecule has 6 radical (unpaired) electrons. The molecule has 0 spiro atoms. The van der Waals surface area contributed by atoms with Gasteiger partial charge in [0.1, 0.15) is 0 Å². The van der Waals surface area contributed by atoms with Gasteiger partial charge < -0.3 is 67.1 Å². The third-order valence-electron chi connectivity index (χ3n) is 11.5. The van der Waals surface area contributed by atoms with E-state index in [-0.39, 0.29) is 34.2 Å². The molecule has 33 heteroatoms. The fraction of sp³-hybridized carbons (Fsp3) is 1.00. The van der Waals surface area contributed by atoms with E-state index in [1.807, 2.05) is 0 Å². The Morgan fingerprint density at radius 3 is 1.45 bits per heavy atom. The minimum atomic E-state index is -3.87. The Hall–Kier alpha value is 3.05. The van der Waals surface area contributed by atoms with E-state index in [1.165, 1.54) is 0 Å². The standard InChI is InChI=1S/C34H90O16Si17/c1-31-27-54(7)42-63(45-56(9)35-31)20-19-51-39-67(48-64(13,14)24-21-60-30-34(4)36-55(8)43-59(12)44-60,49-65(15,16)25-22-61-37-32(2)28-52(5)40-57(10)46-61)50-66(17,18)26-23-62-38-33(3)29-53(6)41-58(11)47-62/h31-34,52-59H,19-30H2,1-18H3. The Kier molecular flexibility index (Phi) is 27.6. The normalized spacial score (nSPS) is 35.0. The van der Waals surface area contributed by atoms with Crippen LogP contribution in [0.2, 0.25) is 164 Å². The van der Waals surface area contributed by atoms with Crippen molar-refractivity contribution in [3.05, 3.63) is 0 Å². The zero-order chi connectivity index (χ0) is 49.7. The topological polar surface area (TPSA) is 148 Å². The van der Waals surface area contributed by atoms with Gasteiger partial charge >= 0.3 is 55.5 Å². The lowest BCUT2D eigenvalue weighted by Crippen LogP contribution is -2.64. The van der Waals surface area contributed by atoms with E-state index in [4.69, 9.17) is 67.1 Å². The van der Waals surface area contributed by atoms with Gasteiger partial charge in [0.05, 0.1) is 0 Å². The van der Waals surface area contributed by atoms with Crippen LogP contribution in [0.15, 0.2) is 0 Å². The Morgan fingerprint density at radius 1 is 0.478 bits per heavy atom. The number of hydrogen-bond acceptors (Lipinski definition) is 16. The fourth-order valence-electron chi connectivity index (χ4n) is 8.75. The highest BCUT2D eigenvalue weighted by Gasteiger charge is 2.56. The van der Waals surface area contributed by atoms with Crippen molar-refractivity contribution in [1.29, 1.82) is 0 Å². The Bertz CT molecular complexity index is 1250. The predicted molar refractivity (Wildman–Crippen MR) is 304 cm³/mol. The van der Waals surface area contributed by atoms with Gasteiger partial charge in [0.2, 0.25) is 18.8 Å². The van der Waals surface area contributed by atoms with Crippen molar-refractivity contribution in [1.82, 2.24) is 0 Å². The second-order valence-electron chi connectivity index (χ2n) is 20.9. The van der Waals surface area contributed by atoms with Crippen LogP contribution in [-0.2, 0) is 67.1 Å². The van der Waals surface area contributed by atoms with Crippen LogP contribution in [0.25, 0.3) is 0 Å². The maximum Gasteiger partial charge on any atom is 0.636 e. The van der Waals surface area contributed by atoms with Gasteiger partial charge in [-0.2, -0.15) is 0 Å². The van der Waals surface area contributed by atoms with Crippen LogP contribution in [0.4, 0.5) is 0 Å². The smallest absolute Gasteiger partial charge is 0.441 e. The van der Waals surface area contributed by atoms with E-state index in [2.05, 4.69) is 119 Å². The van der Waals surface area contributed by atoms with Crippen LogP contribution >= 0.6 is 0 Å². The van der Waals surface area contributed by atoms with Gasteiger partial charge in [-0.1, -0.05) is 0 Å². The van der Waals surface area contributed by atoms with Gasteiger partial charge in [-0.3, -0.25) is 0 Å². The molecule has 4 aliphatic heterocycles. The lowest BCUT2D eigenvalue weighted by Gasteiger charge is -2.44. The molecule has 67 heavy (non-hydrogen) atoms. The Balaban J connectivity index is 1.64. The average Bonchev–Trinajstić information content (AvgIpc) is 3.13. The van der Waals surface area contributed by atoms with Crippen molar-refractivity contribution in [2.24, 2.45) is 0 Å². The van der Waals surface area contributed by atoms with Crippen molar-refractivity contribution in [2.45, 2.75) is 216 Å². The summed E-state index contributed by atoms with van der Waals surface area (Å²) in [5, 5.41) is 0. The lowest BCUT2D eigenvalue weighted by molar-refractivity contribution is 0.150. The van der Waals surface area contributed by atoms with Crippen LogP contribution in [0.5, 0.6) is 0 Å². The molecule has 0 amide bonds. The van der Waals surface area contributed by atoms with E-state index in [1.54, 1.807) is 0 Å². The highest BCUT2D eigenvalue weighted by molar-refractivity contribution is 6.90. The van der Waals surface area contributed by atoms with E-state index in [0.29, 0.717) is 0 Å². The van der Waals surface area contributed by atoms with Gasteiger partial charge in [0.15, 0.2) is 52.1 Å². The summed E-state index contributed by atoms with van der Waals surface area (Å²) in [6, 6.07) is 10.7. The molecule has 0 saturated carbocycles. The first-order chi connectivity index (χ1) is 31.2. The van der Waals surface area contributed by atoms with Gasteiger partial charge in [-0.15, -0.1) is 0 Å². The van der Waals surface area contributed by atoms with Crippen molar-refractivity contribution in [2.75, 3.05) is 0 Å². The van der Waals surface area contributed by atoms with Crippen LogP contribution in [0, 0.1) is 0 Å². The minimum absolute atomic E-state index is 0.0947. The summed E-state index contributed by atoms with van der Waals surface area (Å²) in [4.78, 5) is 0. The third-order valence-corrected chi connectivity index (χ3v) is 62.7. The van der Waals surface area contributed by atoms with E-state index >= 15 is 0 Å². The van der Waals surface area contributed by atoms with Crippen LogP contribution in [0.3, 0.4) is 0 Å². The summed E-state index contributed by atoms with van der Waals surface area (Å²) >= 11 is 0. The summed E-state index contributed by atoms with van der Waals surface area (Å²) in [7, 11) is -30.2. The molecule has 0 aromatic heterocycles. The molecule has 4 aliphatic rings. The molecule has 0 aliphatic carbocycles. The third kappa shape index (κ3) is 25.2. The fourth-order valence-corrected chi connectivity index (χ4v) is 64.7. The molecule has 0 bridgehead atoms. The van der Waals surface area contributed by atoms with E-state index in [0.717, 1.165) is 72.5 Å². The predicted octanol–water partition coefficient (Wildman–Crippen LogP) is 5.72. The molecule has 16 nitrogen and oxygen atoms in total.